The number of nitrogens with zero attached hydrogens (tertiary/aromatic N) is 2. The summed E-state index contributed by atoms with van der Waals surface area (Å²) in [6.45, 7) is 6.35. The van der Waals surface area contributed by atoms with Gasteiger partial charge in [0.25, 0.3) is 0 Å². The summed E-state index contributed by atoms with van der Waals surface area (Å²) in [6, 6.07) is 2.97. The zero-order chi connectivity index (χ0) is 13.0. The van der Waals surface area contributed by atoms with Gasteiger partial charge in [0, 0.05) is 25.8 Å². The molecule has 1 aliphatic rings. The molecule has 0 aromatic carbocycles. The van der Waals surface area contributed by atoms with E-state index in [-0.39, 0.29) is 0 Å². The van der Waals surface area contributed by atoms with Gasteiger partial charge in [-0.25, -0.2) is 4.98 Å². The van der Waals surface area contributed by atoms with Crippen LogP contribution in [0.5, 0.6) is 0 Å². The summed E-state index contributed by atoms with van der Waals surface area (Å²) in [5.41, 5.74) is 2.58. The van der Waals surface area contributed by atoms with E-state index in [0.29, 0.717) is 6.04 Å². The highest BCUT2D eigenvalue weighted by Crippen LogP contribution is 2.28. The van der Waals surface area contributed by atoms with Crippen molar-refractivity contribution in [3.8, 4) is 0 Å². The molecule has 0 saturated heterocycles. The highest BCUT2D eigenvalue weighted by atomic mass is 15.2. The molecule has 3 nitrogen and oxygen atoms in total. The maximum atomic E-state index is 4.65. The highest BCUT2D eigenvalue weighted by molar-refractivity contribution is 5.48. The molecule has 1 N–H and O–H groups in total. The average molecular weight is 247 g/mol. The van der Waals surface area contributed by atoms with Gasteiger partial charge in [0.05, 0.1) is 0 Å². The molecule has 1 heterocycles. The molecule has 1 aromatic heterocycles. The summed E-state index contributed by atoms with van der Waals surface area (Å²) in [5.74, 6) is 1.15. The van der Waals surface area contributed by atoms with E-state index in [1.54, 1.807) is 0 Å². The molecule has 0 amide bonds. The van der Waals surface area contributed by atoms with Crippen LogP contribution in [0, 0.1) is 6.92 Å². The fourth-order valence-electron chi connectivity index (χ4n) is 2.45. The van der Waals surface area contributed by atoms with Gasteiger partial charge in [-0.1, -0.05) is 6.92 Å². The number of anilines is 1. The SMILES string of the molecule is CCCNCc1cnc(N(C)C2CCC2)c(C)c1. The molecular weight excluding hydrogens is 222 g/mol. The zero-order valence-electron chi connectivity index (χ0n) is 11.9. The molecule has 18 heavy (non-hydrogen) atoms. The van der Waals surface area contributed by atoms with Crippen molar-refractivity contribution in [2.75, 3.05) is 18.5 Å². The minimum Gasteiger partial charge on any atom is -0.356 e. The number of rotatable bonds is 6. The lowest BCUT2D eigenvalue weighted by Gasteiger charge is -2.36. The standard InChI is InChI=1S/C15H25N3/c1-4-8-16-10-13-9-12(2)15(17-11-13)18(3)14-6-5-7-14/h9,11,14,16H,4-8,10H2,1-3H3. The normalized spacial score (nSPS) is 15.5. The number of hydrogen-bond donors (Lipinski definition) is 1. The zero-order valence-corrected chi connectivity index (χ0v) is 11.9. The van der Waals surface area contributed by atoms with Gasteiger partial charge in [0.1, 0.15) is 5.82 Å². The highest BCUT2D eigenvalue weighted by Gasteiger charge is 2.23. The van der Waals surface area contributed by atoms with Crippen molar-refractivity contribution in [1.82, 2.24) is 10.3 Å². The van der Waals surface area contributed by atoms with E-state index in [4.69, 9.17) is 0 Å². The Morgan fingerprint density at radius 2 is 2.22 bits per heavy atom. The average Bonchev–Trinajstić information content (AvgIpc) is 2.27. The third-order valence-electron chi connectivity index (χ3n) is 3.82. The number of nitrogens with one attached hydrogen (secondary N) is 1. The van der Waals surface area contributed by atoms with Gasteiger partial charge in [0.15, 0.2) is 0 Å². The summed E-state index contributed by atoms with van der Waals surface area (Å²) in [6.07, 6.45) is 7.19. The minimum atomic E-state index is 0.709. The molecule has 1 aliphatic carbocycles. The maximum absolute atomic E-state index is 4.65. The van der Waals surface area contributed by atoms with E-state index >= 15 is 0 Å². The quantitative estimate of drug-likeness (QED) is 0.783. The van der Waals surface area contributed by atoms with Crippen LogP contribution in [0.1, 0.15) is 43.7 Å². The van der Waals surface area contributed by atoms with E-state index < -0.39 is 0 Å². The van der Waals surface area contributed by atoms with Crippen molar-refractivity contribution < 1.29 is 0 Å². The number of aryl methyl sites for hydroxylation is 1. The Morgan fingerprint density at radius 1 is 1.44 bits per heavy atom. The molecule has 0 bridgehead atoms. The molecule has 0 spiro atoms. The first-order valence-electron chi connectivity index (χ1n) is 7.11. The molecule has 0 unspecified atom stereocenters. The van der Waals surface area contributed by atoms with E-state index in [2.05, 4.69) is 42.2 Å². The van der Waals surface area contributed by atoms with Gasteiger partial charge in [0.2, 0.25) is 0 Å². The molecule has 1 aromatic rings. The van der Waals surface area contributed by atoms with Crippen LogP contribution in [-0.4, -0.2) is 24.6 Å². The number of aromatic nitrogens is 1. The lowest BCUT2D eigenvalue weighted by Crippen LogP contribution is -2.38. The Bertz CT molecular complexity index is 385. The maximum Gasteiger partial charge on any atom is 0.131 e. The Hall–Kier alpha value is -1.09. The van der Waals surface area contributed by atoms with Gasteiger partial charge in [-0.2, -0.15) is 0 Å². The Morgan fingerprint density at radius 3 is 2.78 bits per heavy atom. The molecular formula is C15H25N3. The van der Waals surface area contributed by atoms with Gasteiger partial charge in [-0.3, -0.25) is 0 Å². The van der Waals surface area contributed by atoms with Gasteiger partial charge < -0.3 is 10.2 Å². The van der Waals surface area contributed by atoms with E-state index in [1.165, 1.54) is 36.8 Å². The van der Waals surface area contributed by atoms with Crippen LogP contribution in [0.3, 0.4) is 0 Å². The van der Waals surface area contributed by atoms with Crippen molar-refractivity contribution >= 4 is 5.82 Å². The van der Waals surface area contributed by atoms with Crippen LogP contribution in [-0.2, 0) is 6.54 Å². The van der Waals surface area contributed by atoms with Crippen molar-refractivity contribution in [2.45, 2.75) is 52.1 Å². The van der Waals surface area contributed by atoms with Crippen LogP contribution < -0.4 is 10.2 Å². The molecule has 0 aliphatic heterocycles. The van der Waals surface area contributed by atoms with Crippen LogP contribution in [0.2, 0.25) is 0 Å². The Balaban J connectivity index is 2.00. The third kappa shape index (κ3) is 3.02. The topological polar surface area (TPSA) is 28.2 Å². The third-order valence-corrected chi connectivity index (χ3v) is 3.82. The fraction of sp³-hybridized carbons (Fsp3) is 0.667. The second-order valence-electron chi connectivity index (χ2n) is 5.36. The van der Waals surface area contributed by atoms with E-state index in [1.807, 2.05) is 6.20 Å². The summed E-state index contributed by atoms with van der Waals surface area (Å²) in [7, 11) is 2.17. The summed E-state index contributed by atoms with van der Waals surface area (Å²) >= 11 is 0. The monoisotopic (exact) mass is 247 g/mol. The lowest BCUT2D eigenvalue weighted by atomic mass is 9.91. The second-order valence-corrected chi connectivity index (χ2v) is 5.36. The minimum absolute atomic E-state index is 0.709. The van der Waals surface area contributed by atoms with Crippen molar-refractivity contribution in [3.05, 3.63) is 23.4 Å². The lowest BCUT2D eigenvalue weighted by molar-refractivity contribution is 0.399. The molecule has 0 atom stereocenters. The van der Waals surface area contributed by atoms with Crippen molar-refractivity contribution in [3.63, 3.8) is 0 Å². The Kier molecular flexibility index (Phi) is 4.59. The predicted molar refractivity (Wildman–Crippen MR) is 77.0 cm³/mol. The largest absolute Gasteiger partial charge is 0.356 e. The number of pyridine rings is 1. The van der Waals surface area contributed by atoms with Crippen molar-refractivity contribution in [1.29, 1.82) is 0 Å². The smallest absolute Gasteiger partial charge is 0.131 e. The summed E-state index contributed by atoms with van der Waals surface area (Å²) in [5, 5.41) is 3.42. The molecule has 100 valence electrons. The van der Waals surface area contributed by atoms with Crippen LogP contribution in [0.25, 0.3) is 0 Å². The Labute approximate surface area is 111 Å². The molecule has 3 heteroatoms. The second kappa shape index (κ2) is 6.19. The summed E-state index contributed by atoms with van der Waals surface area (Å²) < 4.78 is 0. The van der Waals surface area contributed by atoms with Crippen LogP contribution in [0.4, 0.5) is 5.82 Å². The van der Waals surface area contributed by atoms with Crippen molar-refractivity contribution in [2.24, 2.45) is 0 Å². The van der Waals surface area contributed by atoms with Gasteiger partial charge >= 0.3 is 0 Å². The summed E-state index contributed by atoms with van der Waals surface area (Å²) in [4.78, 5) is 7.00. The number of hydrogen-bond acceptors (Lipinski definition) is 3. The van der Waals surface area contributed by atoms with E-state index in [9.17, 15) is 0 Å². The van der Waals surface area contributed by atoms with Gasteiger partial charge in [-0.05, 0) is 56.3 Å². The molecule has 2 rings (SSSR count). The van der Waals surface area contributed by atoms with Gasteiger partial charge in [-0.15, -0.1) is 0 Å². The van der Waals surface area contributed by atoms with E-state index in [0.717, 1.165) is 18.9 Å². The first-order valence-corrected chi connectivity index (χ1v) is 7.11. The predicted octanol–water partition coefficient (Wildman–Crippen LogP) is 2.88. The molecule has 1 fully saturated rings. The fourth-order valence-corrected chi connectivity index (χ4v) is 2.45. The van der Waals surface area contributed by atoms with Crippen LogP contribution >= 0.6 is 0 Å². The van der Waals surface area contributed by atoms with Crippen LogP contribution in [0.15, 0.2) is 12.3 Å². The first-order chi connectivity index (χ1) is 8.72. The molecule has 1 saturated carbocycles. The molecule has 0 radical (unpaired) electrons. The first kappa shape index (κ1) is 13.3.